The standard InChI is InChI=1S/C15H19Cl4NO2/c1-3-8(6-12(20)15(21)22-2)4-5-9-13(18)10(16)7-11(17)14(9)19/h7-8,12H,3-6,20H2,1-2H3. The van der Waals surface area contributed by atoms with Crippen molar-refractivity contribution in [2.45, 2.75) is 38.6 Å². The number of hydrogen-bond acceptors (Lipinski definition) is 3. The van der Waals surface area contributed by atoms with E-state index in [9.17, 15) is 4.79 Å². The topological polar surface area (TPSA) is 52.3 Å². The van der Waals surface area contributed by atoms with Gasteiger partial charge in [-0.25, -0.2) is 0 Å². The van der Waals surface area contributed by atoms with E-state index in [1.807, 2.05) is 6.92 Å². The van der Waals surface area contributed by atoms with Crippen molar-refractivity contribution in [3.8, 4) is 0 Å². The van der Waals surface area contributed by atoms with Crippen molar-refractivity contribution in [1.29, 1.82) is 0 Å². The monoisotopic (exact) mass is 385 g/mol. The summed E-state index contributed by atoms with van der Waals surface area (Å²) < 4.78 is 4.65. The van der Waals surface area contributed by atoms with Gasteiger partial charge in [0.1, 0.15) is 6.04 Å². The molecule has 0 bridgehead atoms. The minimum atomic E-state index is -0.621. The number of methoxy groups -OCH3 is 1. The molecular weight excluding hydrogens is 368 g/mol. The number of hydrogen-bond donors (Lipinski definition) is 1. The van der Waals surface area contributed by atoms with Crippen LogP contribution in [-0.4, -0.2) is 19.1 Å². The molecule has 0 aromatic heterocycles. The van der Waals surface area contributed by atoms with Crippen molar-refractivity contribution in [2.75, 3.05) is 7.11 Å². The molecule has 1 rings (SSSR count). The number of carbonyl (C=O) groups excluding carboxylic acids is 1. The highest BCUT2D eigenvalue weighted by Crippen LogP contribution is 2.38. The molecule has 2 unspecified atom stereocenters. The normalized spacial score (nSPS) is 13.8. The van der Waals surface area contributed by atoms with Gasteiger partial charge in [0.2, 0.25) is 0 Å². The maximum Gasteiger partial charge on any atom is 0.322 e. The van der Waals surface area contributed by atoms with Crippen molar-refractivity contribution < 1.29 is 9.53 Å². The fourth-order valence-electron chi connectivity index (χ4n) is 2.29. The lowest BCUT2D eigenvalue weighted by Crippen LogP contribution is -2.33. The summed E-state index contributed by atoms with van der Waals surface area (Å²) in [5.41, 5.74) is 6.54. The first-order chi connectivity index (χ1) is 10.3. The van der Waals surface area contributed by atoms with Crippen molar-refractivity contribution in [1.82, 2.24) is 0 Å². The summed E-state index contributed by atoms with van der Waals surface area (Å²) in [6.07, 6.45) is 2.82. The van der Waals surface area contributed by atoms with Gasteiger partial charge in [-0.05, 0) is 36.8 Å². The first-order valence-electron chi connectivity index (χ1n) is 6.97. The van der Waals surface area contributed by atoms with Crippen LogP contribution < -0.4 is 5.73 Å². The van der Waals surface area contributed by atoms with Crippen molar-refractivity contribution >= 4 is 52.4 Å². The maximum atomic E-state index is 11.4. The summed E-state index contributed by atoms with van der Waals surface area (Å²) in [5.74, 6) is -0.153. The minimum Gasteiger partial charge on any atom is -0.468 e. The van der Waals surface area contributed by atoms with Gasteiger partial charge >= 0.3 is 5.97 Å². The van der Waals surface area contributed by atoms with E-state index in [1.54, 1.807) is 0 Å². The fraction of sp³-hybridized carbons (Fsp3) is 0.533. The molecular formula is C15H19Cl4NO2. The van der Waals surface area contributed by atoms with Crippen LogP contribution in [0.5, 0.6) is 0 Å². The van der Waals surface area contributed by atoms with Gasteiger partial charge in [0, 0.05) is 0 Å². The molecule has 2 atom stereocenters. The Kier molecular flexibility index (Phi) is 8.29. The smallest absolute Gasteiger partial charge is 0.322 e. The second kappa shape index (κ2) is 9.19. The zero-order chi connectivity index (χ0) is 16.9. The van der Waals surface area contributed by atoms with Crippen LogP contribution in [0.25, 0.3) is 0 Å². The molecule has 0 aliphatic heterocycles. The highest BCUT2D eigenvalue weighted by molar-refractivity contribution is 6.48. The summed E-state index contributed by atoms with van der Waals surface area (Å²) >= 11 is 24.5. The Hall–Kier alpha value is -0.190. The molecule has 0 saturated carbocycles. The molecule has 0 aliphatic rings. The number of carbonyl (C=O) groups is 1. The number of halogens is 4. The third kappa shape index (κ3) is 5.17. The number of ether oxygens (including phenoxy) is 1. The molecule has 3 nitrogen and oxygen atoms in total. The van der Waals surface area contributed by atoms with Gasteiger partial charge in [-0.3, -0.25) is 4.79 Å². The van der Waals surface area contributed by atoms with Crippen molar-refractivity contribution in [3.05, 3.63) is 31.7 Å². The largest absolute Gasteiger partial charge is 0.468 e. The molecule has 1 aromatic rings. The van der Waals surface area contributed by atoms with Gasteiger partial charge < -0.3 is 10.5 Å². The van der Waals surface area contributed by atoms with E-state index < -0.39 is 12.0 Å². The van der Waals surface area contributed by atoms with E-state index in [1.165, 1.54) is 13.2 Å². The van der Waals surface area contributed by atoms with E-state index in [-0.39, 0.29) is 5.92 Å². The van der Waals surface area contributed by atoms with Gasteiger partial charge in [0.15, 0.2) is 0 Å². The lowest BCUT2D eigenvalue weighted by atomic mass is 9.91. The summed E-state index contributed by atoms with van der Waals surface area (Å²) in [7, 11) is 1.33. The van der Waals surface area contributed by atoms with Crippen LogP contribution in [0.15, 0.2) is 6.07 Å². The summed E-state index contributed by atoms with van der Waals surface area (Å²) in [6.45, 7) is 2.04. The van der Waals surface area contributed by atoms with Gasteiger partial charge in [-0.2, -0.15) is 0 Å². The molecule has 2 N–H and O–H groups in total. The van der Waals surface area contributed by atoms with E-state index in [4.69, 9.17) is 52.1 Å². The highest BCUT2D eigenvalue weighted by Gasteiger charge is 2.20. The average Bonchev–Trinajstić information content (AvgIpc) is 2.50. The Morgan fingerprint density at radius 2 is 1.77 bits per heavy atom. The minimum absolute atomic E-state index is 0.249. The lowest BCUT2D eigenvalue weighted by Gasteiger charge is -2.19. The quantitative estimate of drug-likeness (QED) is 0.520. The van der Waals surface area contributed by atoms with Gasteiger partial charge in [-0.1, -0.05) is 59.7 Å². The van der Waals surface area contributed by atoms with Crippen LogP contribution in [0.4, 0.5) is 0 Å². The first-order valence-corrected chi connectivity index (χ1v) is 8.48. The van der Waals surface area contributed by atoms with Crippen LogP contribution in [0.1, 0.15) is 31.7 Å². The Morgan fingerprint density at radius 3 is 2.23 bits per heavy atom. The highest BCUT2D eigenvalue weighted by atomic mass is 35.5. The summed E-state index contributed by atoms with van der Waals surface area (Å²) in [5, 5.41) is 1.60. The van der Waals surface area contributed by atoms with Crippen molar-refractivity contribution in [3.63, 3.8) is 0 Å². The zero-order valence-corrected chi connectivity index (χ0v) is 15.5. The first kappa shape index (κ1) is 19.9. The number of nitrogens with two attached hydrogens (primary N) is 1. The predicted molar refractivity (Wildman–Crippen MR) is 93.2 cm³/mol. The van der Waals surface area contributed by atoms with Crippen LogP contribution in [0.2, 0.25) is 20.1 Å². The van der Waals surface area contributed by atoms with E-state index >= 15 is 0 Å². The zero-order valence-electron chi connectivity index (χ0n) is 12.5. The lowest BCUT2D eigenvalue weighted by molar-refractivity contribution is -0.142. The second-order valence-corrected chi connectivity index (χ2v) is 6.70. The van der Waals surface area contributed by atoms with E-state index in [0.717, 1.165) is 18.4 Å². The molecule has 0 saturated heterocycles. The van der Waals surface area contributed by atoms with Crippen LogP contribution in [0, 0.1) is 5.92 Å². The Labute approximate surface area is 151 Å². The van der Waals surface area contributed by atoms with E-state index in [2.05, 4.69) is 4.74 Å². The molecule has 0 fully saturated rings. The molecule has 22 heavy (non-hydrogen) atoms. The van der Waals surface area contributed by atoms with Crippen LogP contribution in [0.3, 0.4) is 0 Å². The molecule has 0 amide bonds. The Morgan fingerprint density at radius 1 is 1.23 bits per heavy atom. The average molecular weight is 387 g/mol. The van der Waals surface area contributed by atoms with Gasteiger partial charge in [-0.15, -0.1) is 0 Å². The van der Waals surface area contributed by atoms with Crippen LogP contribution >= 0.6 is 46.4 Å². The number of benzene rings is 1. The fourth-order valence-corrected chi connectivity index (χ4v) is 3.32. The third-order valence-corrected chi connectivity index (χ3v) is 5.33. The predicted octanol–water partition coefficient (Wildman–Crippen LogP) is 5.15. The number of rotatable bonds is 7. The second-order valence-electron chi connectivity index (χ2n) is 5.13. The Balaban J connectivity index is 2.77. The summed E-state index contributed by atoms with van der Waals surface area (Å²) in [4.78, 5) is 11.4. The van der Waals surface area contributed by atoms with E-state index in [0.29, 0.717) is 32.9 Å². The molecule has 1 aromatic carbocycles. The van der Waals surface area contributed by atoms with Crippen LogP contribution in [-0.2, 0) is 16.0 Å². The molecule has 0 radical (unpaired) electrons. The molecule has 7 heteroatoms. The molecule has 0 aliphatic carbocycles. The maximum absolute atomic E-state index is 11.4. The summed E-state index contributed by atoms with van der Waals surface area (Å²) in [6, 6.07) is 0.908. The number of esters is 1. The third-order valence-electron chi connectivity index (χ3n) is 3.67. The SMILES string of the molecule is CCC(CCc1c(Cl)c(Cl)cc(Cl)c1Cl)CC(N)C(=O)OC. The molecule has 124 valence electrons. The van der Waals surface area contributed by atoms with Crippen molar-refractivity contribution in [2.24, 2.45) is 11.7 Å². The van der Waals surface area contributed by atoms with Gasteiger partial charge in [0.05, 0.1) is 27.2 Å². The molecule has 0 spiro atoms. The Bertz CT molecular complexity index is 511. The molecule has 0 heterocycles. The van der Waals surface area contributed by atoms with Gasteiger partial charge in [0.25, 0.3) is 0 Å².